The minimum Gasteiger partial charge on any atom is -0.507 e. The molecule has 1 unspecified atom stereocenters. The Kier molecular flexibility index (Phi) is 7.39. The number of halogens is 2. The van der Waals surface area contributed by atoms with Gasteiger partial charge in [0.25, 0.3) is 11.7 Å². The normalized spacial score (nSPS) is 21.7. The fraction of sp³-hybridized carbons (Fsp3) is 0.385. The molecule has 8 nitrogen and oxygen atoms in total. The van der Waals surface area contributed by atoms with Crippen molar-refractivity contribution in [2.24, 2.45) is 0 Å². The first-order valence-electron chi connectivity index (χ1n) is 11.9. The molecular weight excluding hydrogens is 507 g/mol. The van der Waals surface area contributed by atoms with Gasteiger partial charge in [0, 0.05) is 31.7 Å². The number of hydrogen-bond acceptors (Lipinski definition) is 7. The number of nitrogens with zero attached hydrogens (tertiary/aromatic N) is 2. The molecule has 36 heavy (non-hydrogen) atoms. The van der Waals surface area contributed by atoms with E-state index in [1.807, 2.05) is 0 Å². The Bertz CT molecular complexity index is 1210. The average Bonchev–Trinajstić information content (AvgIpc) is 3.15. The van der Waals surface area contributed by atoms with Gasteiger partial charge in [0.05, 0.1) is 34.9 Å². The van der Waals surface area contributed by atoms with E-state index < -0.39 is 17.7 Å². The van der Waals surface area contributed by atoms with Crippen molar-refractivity contribution in [1.29, 1.82) is 0 Å². The van der Waals surface area contributed by atoms with Gasteiger partial charge in [-0.15, -0.1) is 0 Å². The van der Waals surface area contributed by atoms with Crippen molar-refractivity contribution in [1.82, 2.24) is 9.80 Å². The smallest absolute Gasteiger partial charge is 0.295 e. The van der Waals surface area contributed by atoms with Crippen molar-refractivity contribution in [2.45, 2.75) is 12.5 Å². The van der Waals surface area contributed by atoms with Crippen molar-refractivity contribution < 1.29 is 28.9 Å². The lowest BCUT2D eigenvalue weighted by Crippen LogP contribution is -2.38. The van der Waals surface area contributed by atoms with Gasteiger partial charge in [0.1, 0.15) is 19.0 Å². The van der Waals surface area contributed by atoms with Crippen LogP contribution in [0.2, 0.25) is 10.0 Å². The zero-order valence-electron chi connectivity index (χ0n) is 19.5. The molecule has 1 amide bonds. The number of carbonyl (C=O) groups excluding carboxylic acids is 2. The number of aliphatic hydroxyl groups is 1. The molecule has 3 aliphatic rings. The van der Waals surface area contributed by atoms with E-state index in [4.69, 9.17) is 37.4 Å². The molecule has 3 aliphatic heterocycles. The Morgan fingerprint density at radius 1 is 0.917 bits per heavy atom. The fourth-order valence-electron chi connectivity index (χ4n) is 4.78. The maximum atomic E-state index is 13.3. The van der Waals surface area contributed by atoms with Crippen LogP contribution >= 0.6 is 23.2 Å². The summed E-state index contributed by atoms with van der Waals surface area (Å²) in [6.07, 6.45) is 0.662. The third-order valence-corrected chi connectivity index (χ3v) is 7.33. The molecule has 2 aromatic carbocycles. The summed E-state index contributed by atoms with van der Waals surface area (Å²) in [5.74, 6) is -0.660. The monoisotopic (exact) mass is 532 g/mol. The summed E-state index contributed by atoms with van der Waals surface area (Å²) in [6, 6.07) is 9.09. The third-order valence-electron chi connectivity index (χ3n) is 6.59. The zero-order chi connectivity index (χ0) is 25.2. The van der Waals surface area contributed by atoms with E-state index >= 15 is 0 Å². The van der Waals surface area contributed by atoms with Gasteiger partial charge < -0.3 is 24.2 Å². The quantitative estimate of drug-likeness (QED) is 0.342. The molecule has 5 rings (SSSR count). The van der Waals surface area contributed by atoms with E-state index in [2.05, 4.69) is 4.90 Å². The van der Waals surface area contributed by atoms with E-state index in [1.165, 1.54) is 4.90 Å². The van der Waals surface area contributed by atoms with Gasteiger partial charge in [-0.25, -0.2) is 0 Å². The first-order chi connectivity index (χ1) is 17.4. The maximum Gasteiger partial charge on any atom is 0.295 e. The van der Waals surface area contributed by atoms with Crippen LogP contribution in [0.15, 0.2) is 42.0 Å². The number of carbonyl (C=O) groups is 2. The van der Waals surface area contributed by atoms with Gasteiger partial charge >= 0.3 is 0 Å². The Balaban J connectivity index is 1.50. The summed E-state index contributed by atoms with van der Waals surface area (Å²) in [6.45, 7) is 4.96. The number of likely N-dealkylation sites (tertiary alicyclic amines) is 1. The predicted molar refractivity (Wildman–Crippen MR) is 135 cm³/mol. The first-order valence-corrected chi connectivity index (χ1v) is 12.6. The standard InChI is InChI=1S/C26H26Cl2N2O6/c27-18-4-2-16(14-19(18)28)23-22(24(31)17-3-5-20-21(15-17)36-13-12-35-20)25(32)26(33)30(23)7-1-6-29-8-10-34-11-9-29/h2-5,14-15,23,31H,1,6-13H2/b24-22+. The van der Waals surface area contributed by atoms with E-state index in [1.54, 1.807) is 36.4 Å². The number of ketones is 1. The number of fused-ring (bicyclic) bond motifs is 1. The Morgan fingerprint density at radius 2 is 1.67 bits per heavy atom. The summed E-state index contributed by atoms with van der Waals surface area (Å²) in [5, 5.41) is 12.0. The summed E-state index contributed by atoms with van der Waals surface area (Å²) in [5.41, 5.74) is 0.950. The van der Waals surface area contributed by atoms with Crippen molar-refractivity contribution in [3.8, 4) is 11.5 Å². The average molecular weight is 533 g/mol. The molecule has 3 heterocycles. The summed E-state index contributed by atoms with van der Waals surface area (Å²) in [4.78, 5) is 30.2. The second kappa shape index (κ2) is 10.7. The Hall–Kier alpha value is -2.78. The fourth-order valence-corrected chi connectivity index (χ4v) is 5.08. The van der Waals surface area contributed by atoms with Crippen LogP contribution in [-0.4, -0.2) is 79.2 Å². The molecule has 0 saturated carbocycles. The molecule has 0 aliphatic carbocycles. The predicted octanol–water partition coefficient (Wildman–Crippen LogP) is 3.91. The lowest BCUT2D eigenvalue weighted by Gasteiger charge is -2.29. The number of rotatable bonds is 6. The van der Waals surface area contributed by atoms with Gasteiger partial charge in [0.15, 0.2) is 11.5 Å². The van der Waals surface area contributed by atoms with E-state index in [0.29, 0.717) is 72.1 Å². The number of hydrogen-bond donors (Lipinski definition) is 1. The van der Waals surface area contributed by atoms with Crippen LogP contribution in [0.3, 0.4) is 0 Å². The SMILES string of the molecule is O=C1C(=O)N(CCCN2CCOCC2)C(c2ccc(Cl)c(Cl)c2)/C1=C(\O)c1ccc2c(c1)OCCO2. The van der Waals surface area contributed by atoms with Crippen LogP contribution in [0, 0.1) is 0 Å². The highest BCUT2D eigenvalue weighted by Gasteiger charge is 2.46. The molecule has 10 heteroatoms. The highest BCUT2D eigenvalue weighted by molar-refractivity contribution is 6.46. The van der Waals surface area contributed by atoms with Crippen LogP contribution in [0.1, 0.15) is 23.6 Å². The van der Waals surface area contributed by atoms with E-state index in [9.17, 15) is 14.7 Å². The van der Waals surface area contributed by atoms with E-state index in [0.717, 1.165) is 19.6 Å². The highest BCUT2D eigenvalue weighted by atomic mass is 35.5. The number of Topliss-reactive ketones (excluding diaryl/α,β-unsaturated/α-hetero) is 1. The minimum absolute atomic E-state index is 0.00133. The molecule has 1 N–H and O–H groups in total. The van der Waals surface area contributed by atoms with Crippen LogP contribution in [-0.2, 0) is 14.3 Å². The number of ether oxygens (including phenoxy) is 3. The van der Waals surface area contributed by atoms with Crippen molar-refractivity contribution >= 4 is 40.7 Å². The van der Waals surface area contributed by atoms with Gasteiger partial charge in [0.2, 0.25) is 0 Å². The van der Waals surface area contributed by atoms with Crippen molar-refractivity contribution in [3.63, 3.8) is 0 Å². The summed E-state index contributed by atoms with van der Waals surface area (Å²) in [7, 11) is 0. The topological polar surface area (TPSA) is 88.5 Å². The van der Waals surface area contributed by atoms with Crippen molar-refractivity contribution in [2.75, 3.05) is 52.6 Å². The lowest BCUT2D eigenvalue weighted by molar-refractivity contribution is -0.140. The zero-order valence-corrected chi connectivity index (χ0v) is 21.1. The van der Waals surface area contributed by atoms with Gasteiger partial charge in [-0.05, 0) is 42.3 Å². The lowest BCUT2D eigenvalue weighted by atomic mass is 9.95. The van der Waals surface area contributed by atoms with Crippen LogP contribution in [0.25, 0.3) is 5.76 Å². The van der Waals surface area contributed by atoms with Crippen LogP contribution in [0.5, 0.6) is 11.5 Å². The second-order valence-electron chi connectivity index (χ2n) is 8.83. The maximum absolute atomic E-state index is 13.3. The molecule has 0 radical (unpaired) electrons. The first kappa shape index (κ1) is 24.9. The number of morpholine rings is 1. The molecule has 0 bridgehead atoms. The second-order valence-corrected chi connectivity index (χ2v) is 9.65. The number of aliphatic hydroxyl groups excluding tert-OH is 1. The summed E-state index contributed by atoms with van der Waals surface area (Å²) >= 11 is 12.4. The molecule has 190 valence electrons. The molecule has 2 fully saturated rings. The Labute approximate surface area is 218 Å². The van der Waals surface area contributed by atoms with Crippen molar-refractivity contribution in [3.05, 3.63) is 63.1 Å². The third kappa shape index (κ3) is 4.91. The van der Waals surface area contributed by atoms with Crippen LogP contribution < -0.4 is 9.47 Å². The molecule has 2 saturated heterocycles. The molecule has 1 atom stereocenters. The molecule has 0 spiro atoms. The highest BCUT2D eigenvalue weighted by Crippen LogP contribution is 2.42. The molecular formula is C26H26Cl2N2O6. The molecule has 0 aromatic heterocycles. The van der Waals surface area contributed by atoms with Crippen LogP contribution in [0.4, 0.5) is 0 Å². The number of benzene rings is 2. The Morgan fingerprint density at radius 3 is 2.42 bits per heavy atom. The van der Waals surface area contributed by atoms with Gasteiger partial charge in [-0.2, -0.15) is 0 Å². The summed E-state index contributed by atoms with van der Waals surface area (Å²) < 4.78 is 16.6. The van der Waals surface area contributed by atoms with Gasteiger partial charge in [-0.3, -0.25) is 14.5 Å². The minimum atomic E-state index is -0.808. The number of amides is 1. The van der Waals surface area contributed by atoms with Gasteiger partial charge in [-0.1, -0.05) is 29.3 Å². The molecule has 2 aromatic rings. The van der Waals surface area contributed by atoms with E-state index in [-0.39, 0.29) is 11.3 Å². The largest absolute Gasteiger partial charge is 0.507 e.